The first kappa shape index (κ1) is 10.5. The smallest absolute Gasteiger partial charge is 0.117 e. The minimum absolute atomic E-state index is 0.244. The summed E-state index contributed by atoms with van der Waals surface area (Å²) in [4.78, 5) is 1.81. The Hall–Kier alpha value is -1.99. The highest BCUT2D eigenvalue weighted by atomic mass is 32.1. The van der Waals surface area contributed by atoms with E-state index >= 15 is 0 Å². The lowest BCUT2D eigenvalue weighted by Gasteiger charge is -2.04. The lowest BCUT2D eigenvalue weighted by molar-refractivity contribution is 0.475. The van der Waals surface area contributed by atoms with Gasteiger partial charge in [-0.25, -0.2) is 0 Å². The molecule has 4 heteroatoms. The van der Waals surface area contributed by atoms with Crippen molar-refractivity contribution in [3.05, 3.63) is 46.2 Å². The van der Waals surface area contributed by atoms with Crippen LogP contribution in [0.1, 0.15) is 9.75 Å². The van der Waals surface area contributed by atoms with Crippen molar-refractivity contribution >= 4 is 17.0 Å². The van der Waals surface area contributed by atoms with Gasteiger partial charge in [0.05, 0.1) is 0 Å². The van der Waals surface area contributed by atoms with E-state index in [4.69, 9.17) is 5.26 Å². The second-order valence-electron chi connectivity index (χ2n) is 3.28. The van der Waals surface area contributed by atoms with Crippen LogP contribution in [0.15, 0.2) is 36.4 Å². The van der Waals surface area contributed by atoms with Gasteiger partial charge in [0.2, 0.25) is 0 Å². The molecular formula is C12H10N2OS. The minimum atomic E-state index is 0.244. The maximum absolute atomic E-state index is 9.27. The molecule has 0 spiro atoms. The molecule has 1 heterocycles. The molecule has 0 aliphatic rings. The summed E-state index contributed by atoms with van der Waals surface area (Å²) in [5, 5.41) is 21.1. The van der Waals surface area contributed by atoms with Crippen LogP contribution in [0.2, 0.25) is 0 Å². The molecule has 0 atom stereocenters. The maximum atomic E-state index is 9.27. The van der Waals surface area contributed by atoms with E-state index in [0.717, 1.165) is 10.6 Å². The number of aromatic hydroxyl groups is 1. The van der Waals surface area contributed by atoms with Crippen LogP contribution in [-0.4, -0.2) is 5.11 Å². The van der Waals surface area contributed by atoms with Gasteiger partial charge in [-0.05, 0) is 24.3 Å². The number of benzene rings is 1. The van der Waals surface area contributed by atoms with E-state index in [9.17, 15) is 5.11 Å². The highest BCUT2D eigenvalue weighted by molar-refractivity contribution is 7.12. The van der Waals surface area contributed by atoms with Crippen LogP contribution >= 0.6 is 11.3 Å². The van der Waals surface area contributed by atoms with Gasteiger partial charge in [0.1, 0.15) is 16.7 Å². The van der Waals surface area contributed by atoms with Gasteiger partial charge in [-0.15, -0.1) is 11.3 Å². The third-order valence-electron chi connectivity index (χ3n) is 2.08. The Morgan fingerprint density at radius 1 is 1.31 bits per heavy atom. The van der Waals surface area contributed by atoms with Crippen molar-refractivity contribution in [2.24, 2.45) is 0 Å². The van der Waals surface area contributed by atoms with Gasteiger partial charge in [0.15, 0.2) is 0 Å². The lowest BCUT2D eigenvalue weighted by Crippen LogP contribution is -1.96. The standard InChI is InChI=1S/C12H10N2OS/c13-7-11-4-5-12(16-11)8-14-9-2-1-3-10(15)6-9/h1-6,14-15H,8H2. The summed E-state index contributed by atoms with van der Waals surface area (Å²) < 4.78 is 0. The molecule has 0 bridgehead atoms. The number of hydrogen-bond acceptors (Lipinski definition) is 4. The molecule has 3 nitrogen and oxygen atoms in total. The Balaban J connectivity index is 2.00. The topological polar surface area (TPSA) is 56.0 Å². The van der Waals surface area contributed by atoms with Gasteiger partial charge in [0.25, 0.3) is 0 Å². The van der Waals surface area contributed by atoms with Gasteiger partial charge in [-0.3, -0.25) is 0 Å². The van der Waals surface area contributed by atoms with Gasteiger partial charge in [0, 0.05) is 23.2 Å². The van der Waals surface area contributed by atoms with E-state index < -0.39 is 0 Å². The van der Waals surface area contributed by atoms with Gasteiger partial charge >= 0.3 is 0 Å². The third-order valence-corrected chi connectivity index (χ3v) is 3.07. The summed E-state index contributed by atoms with van der Waals surface area (Å²) in [5.74, 6) is 0.244. The first-order valence-corrected chi connectivity index (χ1v) is 5.61. The summed E-state index contributed by atoms with van der Waals surface area (Å²) in [6, 6.07) is 12.8. The van der Waals surface area contributed by atoms with Crippen molar-refractivity contribution in [1.29, 1.82) is 5.26 Å². The van der Waals surface area contributed by atoms with Crippen LogP contribution in [0.3, 0.4) is 0 Å². The molecule has 2 rings (SSSR count). The van der Waals surface area contributed by atoms with Crippen LogP contribution in [-0.2, 0) is 6.54 Å². The molecule has 0 fully saturated rings. The van der Waals surface area contributed by atoms with Crippen molar-refractivity contribution in [3.63, 3.8) is 0 Å². The highest BCUT2D eigenvalue weighted by Gasteiger charge is 1.99. The maximum Gasteiger partial charge on any atom is 0.117 e. The molecule has 0 unspecified atom stereocenters. The molecule has 16 heavy (non-hydrogen) atoms. The fourth-order valence-electron chi connectivity index (χ4n) is 1.34. The zero-order valence-corrected chi connectivity index (χ0v) is 9.29. The molecule has 1 aromatic heterocycles. The number of hydrogen-bond donors (Lipinski definition) is 2. The zero-order valence-electron chi connectivity index (χ0n) is 8.47. The SMILES string of the molecule is N#Cc1ccc(CNc2cccc(O)c2)s1. The number of nitriles is 1. The first-order chi connectivity index (χ1) is 7.78. The quantitative estimate of drug-likeness (QED) is 0.852. The summed E-state index contributed by atoms with van der Waals surface area (Å²) in [7, 11) is 0. The number of nitrogens with one attached hydrogen (secondary N) is 1. The van der Waals surface area contributed by atoms with E-state index in [1.54, 1.807) is 18.2 Å². The van der Waals surface area contributed by atoms with Crippen LogP contribution < -0.4 is 5.32 Å². The molecule has 0 saturated carbocycles. The predicted molar refractivity (Wildman–Crippen MR) is 64.5 cm³/mol. The van der Waals surface area contributed by atoms with E-state index in [1.165, 1.54) is 11.3 Å². The number of nitrogens with zero attached hydrogens (tertiary/aromatic N) is 1. The fourth-order valence-corrected chi connectivity index (χ4v) is 2.08. The van der Waals surface area contributed by atoms with Crippen LogP contribution in [0.4, 0.5) is 5.69 Å². The van der Waals surface area contributed by atoms with Crippen molar-refractivity contribution in [1.82, 2.24) is 0 Å². The normalized spacial score (nSPS) is 9.69. The second kappa shape index (κ2) is 4.69. The largest absolute Gasteiger partial charge is 0.508 e. The summed E-state index contributed by atoms with van der Waals surface area (Å²) >= 11 is 1.47. The average Bonchev–Trinajstić information content (AvgIpc) is 2.74. The number of rotatable bonds is 3. The highest BCUT2D eigenvalue weighted by Crippen LogP contribution is 2.19. The fraction of sp³-hybridized carbons (Fsp3) is 0.0833. The van der Waals surface area contributed by atoms with Gasteiger partial charge in [-0.1, -0.05) is 6.07 Å². The Labute approximate surface area is 97.6 Å². The molecule has 1 aromatic carbocycles. The molecule has 0 aliphatic heterocycles. The summed E-state index contributed by atoms with van der Waals surface area (Å²) in [6.45, 7) is 0.663. The Morgan fingerprint density at radius 2 is 2.19 bits per heavy atom. The summed E-state index contributed by atoms with van der Waals surface area (Å²) in [6.07, 6.45) is 0. The molecule has 0 aliphatic carbocycles. The van der Waals surface area contributed by atoms with Crippen LogP contribution in [0.5, 0.6) is 5.75 Å². The number of thiophene rings is 1. The Morgan fingerprint density at radius 3 is 2.88 bits per heavy atom. The molecule has 0 saturated heterocycles. The third kappa shape index (κ3) is 2.53. The zero-order chi connectivity index (χ0) is 11.4. The Bertz CT molecular complexity index is 528. The van der Waals surface area contributed by atoms with Crippen LogP contribution in [0.25, 0.3) is 0 Å². The molecule has 0 amide bonds. The van der Waals surface area contributed by atoms with E-state index in [0.29, 0.717) is 11.4 Å². The van der Waals surface area contributed by atoms with Crippen LogP contribution in [0, 0.1) is 11.3 Å². The predicted octanol–water partition coefficient (Wildman–Crippen LogP) is 2.94. The molecule has 2 aromatic rings. The summed E-state index contributed by atoms with van der Waals surface area (Å²) in [5.41, 5.74) is 0.868. The lowest BCUT2D eigenvalue weighted by atomic mass is 10.3. The molecule has 2 N–H and O–H groups in total. The molecule has 80 valence electrons. The average molecular weight is 230 g/mol. The number of anilines is 1. The minimum Gasteiger partial charge on any atom is -0.508 e. The van der Waals surface area contributed by atoms with Gasteiger partial charge < -0.3 is 10.4 Å². The van der Waals surface area contributed by atoms with Crippen molar-refractivity contribution in [2.45, 2.75) is 6.54 Å². The van der Waals surface area contributed by atoms with E-state index in [1.807, 2.05) is 18.2 Å². The van der Waals surface area contributed by atoms with E-state index in [-0.39, 0.29) is 5.75 Å². The van der Waals surface area contributed by atoms with Crippen molar-refractivity contribution in [3.8, 4) is 11.8 Å². The monoisotopic (exact) mass is 230 g/mol. The first-order valence-electron chi connectivity index (χ1n) is 4.79. The number of phenols is 1. The second-order valence-corrected chi connectivity index (χ2v) is 4.45. The number of phenolic OH excluding ortho intramolecular Hbond substituents is 1. The molecule has 0 radical (unpaired) electrons. The van der Waals surface area contributed by atoms with Gasteiger partial charge in [-0.2, -0.15) is 5.26 Å². The van der Waals surface area contributed by atoms with Crippen molar-refractivity contribution in [2.75, 3.05) is 5.32 Å². The Kier molecular flexibility index (Phi) is 3.08. The van der Waals surface area contributed by atoms with Crippen molar-refractivity contribution < 1.29 is 5.11 Å². The van der Waals surface area contributed by atoms with E-state index in [2.05, 4.69) is 11.4 Å². The molecular weight excluding hydrogens is 220 g/mol.